The molecule has 2 N–H and O–H groups in total. The van der Waals surface area contributed by atoms with Crippen molar-refractivity contribution < 1.29 is 9.53 Å². The standard InChI is InChI=1S/C17H34N2O2/c1-7-12(3)9-13(8-2)18-14-10-15(11-14)19-16(20)21-17(4,5)6/h12-15,18H,7-11H2,1-6H3,(H,19,20). The number of hydrogen-bond acceptors (Lipinski definition) is 3. The molecule has 21 heavy (non-hydrogen) atoms. The summed E-state index contributed by atoms with van der Waals surface area (Å²) in [6, 6.07) is 1.41. The maximum atomic E-state index is 11.7. The van der Waals surface area contributed by atoms with E-state index in [2.05, 4.69) is 31.4 Å². The van der Waals surface area contributed by atoms with Crippen LogP contribution in [0.1, 0.15) is 73.6 Å². The highest BCUT2D eigenvalue weighted by molar-refractivity contribution is 5.68. The summed E-state index contributed by atoms with van der Waals surface area (Å²) in [7, 11) is 0. The Morgan fingerprint density at radius 3 is 2.29 bits per heavy atom. The Bertz CT molecular complexity index is 319. The predicted molar refractivity (Wildman–Crippen MR) is 87.5 cm³/mol. The Labute approximate surface area is 130 Å². The van der Waals surface area contributed by atoms with Crippen LogP contribution in [0, 0.1) is 5.92 Å². The van der Waals surface area contributed by atoms with Gasteiger partial charge in [-0.1, -0.05) is 27.2 Å². The molecule has 1 aliphatic rings. The van der Waals surface area contributed by atoms with Gasteiger partial charge in [0.25, 0.3) is 0 Å². The first-order valence-electron chi connectivity index (χ1n) is 8.49. The van der Waals surface area contributed by atoms with Gasteiger partial charge in [-0.2, -0.15) is 0 Å². The lowest BCUT2D eigenvalue weighted by Gasteiger charge is -2.39. The third-order valence-electron chi connectivity index (χ3n) is 4.21. The summed E-state index contributed by atoms with van der Waals surface area (Å²) in [4.78, 5) is 11.7. The van der Waals surface area contributed by atoms with Crippen LogP contribution in [0.25, 0.3) is 0 Å². The van der Waals surface area contributed by atoms with Gasteiger partial charge in [-0.25, -0.2) is 4.79 Å². The Morgan fingerprint density at radius 2 is 1.81 bits per heavy atom. The van der Waals surface area contributed by atoms with Crippen molar-refractivity contribution in [3.8, 4) is 0 Å². The average Bonchev–Trinajstić information content (AvgIpc) is 2.32. The molecule has 4 nitrogen and oxygen atoms in total. The molecule has 0 saturated heterocycles. The maximum Gasteiger partial charge on any atom is 0.407 e. The van der Waals surface area contributed by atoms with Crippen LogP contribution in [0.15, 0.2) is 0 Å². The molecule has 0 aromatic rings. The van der Waals surface area contributed by atoms with Gasteiger partial charge in [-0.15, -0.1) is 0 Å². The molecule has 2 unspecified atom stereocenters. The SMILES string of the molecule is CCC(C)CC(CC)NC1CC(NC(=O)OC(C)(C)C)C1. The van der Waals surface area contributed by atoms with Crippen molar-refractivity contribution in [1.82, 2.24) is 10.6 Å². The Kier molecular flexibility index (Phi) is 6.98. The van der Waals surface area contributed by atoms with Gasteiger partial charge in [0.1, 0.15) is 5.60 Å². The summed E-state index contributed by atoms with van der Waals surface area (Å²) in [6.45, 7) is 12.5. The summed E-state index contributed by atoms with van der Waals surface area (Å²) in [5.74, 6) is 0.776. The van der Waals surface area contributed by atoms with Crippen LogP contribution < -0.4 is 10.6 Å². The zero-order valence-corrected chi connectivity index (χ0v) is 14.7. The topological polar surface area (TPSA) is 50.4 Å². The number of hydrogen-bond donors (Lipinski definition) is 2. The summed E-state index contributed by atoms with van der Waals surface area (Å²) in [5, 5.41) is 6.67. The van der Waals surface area contributed by atoms with E-state index in [9.17, 15) is 4.79 Å². The van der Waals surface area contributed by atoms with E-state index in [0.717, 1.165) is 18.8 Å². The monoisotopic (exact) mass is 298 g/mol. The van der Waals surface area contributed by atoms with Crippen LogP contribution in [0.4, 0.5) is 4.79 Å². The molecule has 1 rings (SSSR count). The molecule has 0 spiro atoms. The largest absolute Gasteiger partial charge is 0.444 e. The van der Waals surface area contributed by atoms with Crippen LogP contribution in [0.5, 0.6) is 0 Å². The fraction of sp³-hybridized carbons (Fsp3) is 0.941. The summed E-state index contributed by atoms with van der Waals surface area (Å²) < 4.78 is 5.28. The number of nitrogens with one attached hydrogen (secondary N) is 2. The lowest BCUT2D eigenvalue weighted by atomic mass is 9.85. The minimum atomic E-state index is -0.422. The summed E-state index contributed by atoms with van der Waals surface area (Å²) >= 11 is 0. The summed E-state index contributed by atoms with van der Waals surface area (Å²) in [6.07, 6.45) is 5.38. The second-order valence-corrected chi connectivity index (χ2v) is 7.53. The minimum absolute atomic E-state index is 0.262. The minimum Gasteiger partial charge on any atom is -0.444 e. The first-order valence-corrected chi connectivity index (χ1v) is 8.49. The van der Waals surface area contributed by atoms with E-state index in [0.29, 0.717) is 12.1 Å². The molecule has 0 aromatic carbocycles. The van der Waals surface area contributed by atoms with Crippen LogP contribution in [-0.2, 0) is 4.74 Å². The number of ether oxygens (including phenoxy) is 1. The van der Waals surface area contributed by atoms with Crippen molar-refractivity contribution in [2.24, 2.45) is 5.92 Å². The maximum absolute atomic E-state index is 11.7. The zero-order chi connectivity index (χ0) is 16.0. The van der Waals surface area contributed by atoms with Gasteiger partial charge in [0.15, 0.2) is 0 Å². The molecule has 1 saturated carbocycles. The Balaban J connectivity index is 2.22. The van der Waals surface area contributed by atoms with E-state index in [1.807, 2.05) is 20.8 Å². The van der Waals surface area contributed by atoms with E-state index in [-0.39, 0.29) is 12.1 Å². The molecular weight excluding hydrogens is 264 g/mol. The number of carbonyl (C=O) groups excluding carboxylic acids is 1. The first kappa shape index (κ1) is 18.3. The molecule has 0 aromatic heterocycles. The van der Waals surface area contributed by atoms with Gasteiger partial charge in [-0.05, 0) is 52.4 Å². The van der Waals surface area contributed by atoms with E-state index >= 15 is 0 Å². The average molecular weight is 298 g/mol. The van der Waals surface area contributed by atoms with Crippen molar-refractivity contribution >= 4 is 6.09 Å². The Morgan fingerprint density at radius 1 is 1.19 bits per heavy atom. The second kappa shape index (κ2) is 8.02. The molecule has 0 radical (unpaired) electrons. The molecular formula is C17H34N2O2. The van der Waals surface area contributed by atoms with Crippen molar-refractivity contribution in [3.63, 3.8) is 0 Å². The van der Waals surface area contributed by atoms with Crippen LogP contribution >= 0.6 is 0 Å². The molecule has 4 heteroatoms. The fourth-order valence-corrected chi connectivity index (χ4v) is 2.68. The third kappa shape index (κ3) is 7.16. The highest BCUT2D eigenvalue weighted by Crippen LogP contribution is 2.23. The van der Waals surface area contributed by atoms with Gasteiger partial charge in [0.05, 0.1) is 0 Å². The van der Waals surface area contributed by atoms with E-state index < -0.39 is 5.60 Å². The molecule has 0 bridgehead atoms. The van der Waals surface area contributed by atoms with Crippen molar-refractivity contribution in [3.05, 3.63) is 0 Å². The number of amides is 1. The molecule has 2 atom stereocenters. The van der Waals surface area contributed by atoms with Crippen molar-refractivity contribution in [1.29, 1.82) is 0 Å². The molecule has 0 heterocycles. The van der Waals surface area contributed by atoms with Crippen LogP contribution in [-0.4, -0.2) is 29.8 Å². The smallest absolute Gasteiger partial charge is 0.407 e. The highest BCUT2D eigenvalue weighted by Gasteiger charge is 2.32. The lowest BCUT2D eigenvalue weighted by molar-refractivity contribution is 0.0462. The normalized spacial score (nSPS) is 24.9. The van der Waals surface area contributed by atoms with Gasteiger partial charge in [0, 0.05) is 18.1 Å². The number of carbonyl (C=O) groups is 1. The lowest BCUT2D eigenvalue weighted by Crippen LogP contribution is -2.55. The van der Waals surface area contributed by atoms with Crippen LogP contribution in [0.3, 0.4) is 0 Å². The predicted octanol–water partition coefficient (Wildman–Crippen LogP) is 3.85. The second-order valence-electron chi connectivity index (χ2n) is 7.53. The van der Waals surface area contributed by atoms with Crippen molar-refractivity contribution in [2.45, 2.75) is 97.4 Å². The first-order chi connectivity index (χ1) is 9.73. The van der Waals surface area contributed by atoms with E-state index in [1.54, 1.807) is 0 Å². The number of alkyl carbamates (subject to hydrolysis) is 1. The molecule has 0 aliphatic heterocycles. The molecule has 1 fully saturated rings. The van der Waals surface area contributed by atoms with Crippen molar-refractivity contribution in [2.75, 3.05) is 0 Å². The van der Waals surface area contributed by atoms with Crippen LogP contribution in [0.2, 0.25) is 0 Å². The number of rotatable bonds is 7. The van der Waals surface area contributed by atoms with Gasteiger partial charge < -0.3 is 15.4 Å². The summed E-state index contributed by atoms with van der Waals surface area (Å²) in [5.41, 5.74) is -0.422. The third-order valence-corrected chi connectivity index (χ3v) is 4.21. The molecule has 124 valence electrons. The molecule has 1 aliphatic carbocycles. The van der Waals surface area contributed by atoms with E-state index in [1.165, 1.54) is 19.3 Å². The fourth-order valence-electron chi connectivity index (χ4n) is 2.68. The molecule has 1 amide bonds. The van der Waals surface area contributed by atoms with E-state index in [4.69, 9.17) is 4.74 Å². The quantitative estimate of drug-likeness (QED) is 0.750. The van der Waals surface area contributed by atoms with Gasteiger partial charge in [-0.3, -0.25) is 0 Å². The Hall–Kier alpha value is -0.770. The zero-order valence-electron chi connectivity index (χ0n) is 14.7. The highest BCUT2D eigenvalue weighted by atomic mass is 16.6. The van der Waals surface area contributed by atoms with Gasteiger partial charge in [0.2, 0.25) is 0 Å². The van der Waals surface area contributed by atoms with Gasteiger partial charge >= 0.3 is 6.09 Å².